The minimum atomic E-state index is -0.495. The molecular weight excluding hydrogens is 566 g/mol. The van der Waals surface area contributed by atoms with Crippen LogP contribution in [0.4, 0.5) is 5.69 Å². The number of hydrogen-bond acceptors (Lipinski definition) is 9. The van der Waals surface area contributed by atoms with E-state index in [1.165, 1.54) is 10.7 Å². The van der Waals surface area contributed by atoms with Crippen LogP contribution < -0.4 is 11.0 Å². The third kappa shape index (κ3) is 2.82. The van der Waals surface area contributed by atoms with Crippen LogP contribution >= 0.6 is 31.9 Å². The minimum Gasteiger partial charge on any atom is -0.346 e. The molecule has 15 heteroatoms. The summed E-state index contributed by atoms with van der Waals surface area (Å²) in [7, 11) is 0. The molecule has 3 aromatic heterocycles. The predicted octanol–water partition coefficient (Wildman–Crippen LogP) is 2.32. The Morgan fingerprint density at radius 1 is 1.30 bits per heavy atom. The molecule has 3 aromatic rings. The maximum atomic E-state index is 12.2. The molecule has 0 radical (unpaired) electrons. The smallest absolute Gasteiger partial charge is 0.322 e. The van der Waals surface area contributed by atoms with Gasteiger partial charge in [0.05, 0.1) is 15.1 Å². The molecule has 2 atom stereocenters. The summed E-state index contributed by atoms with van der Waals surface area (Å²) in [5.74, 6) is 0.630. The van der Waals surface area contributed by atoms with Gasteiger partial charge >= 0.3 is 5.69 Å². The van der Waals surface area contributed by atoms with Gasteiger partial charge in [-0.25, -0.2) is 14.5 Å². The zero-order valence-electron chi connectivity index (χ0n) is 16.9. The van der Waals surface area contributed by atoms with E-state index in [1.54, 1.807) is 18.1 Å². The van der Waals surface area contributed by atoms with Crippen LogP contribution in [0.2, 0.25) is 0 Å². The molecule has 0 aromatic carbocycles. The Hall–Kier alpha value is -3.14. The summed E-state index contributed by atoms with van der Waals surface area (Å²) in [6.45, 7) is 3.54. The Balaban J connectivity index is 1.51. The first kappa shape index (κ1) is 20.5. The SMILES string of the molecule is CC1=C(c2[nH]nc(-c3cnc4c(Br)c(=O)[nH]n4c3C)c2[N+](=O)[O-])C=NC2=C(Br)C3OC3NN12. The fraction of sp³-hybridized carbons (Fsp3) is 0.222. The van der Waals surface area contributed by atoms with E-state index >= 15 is 0 Å². The van der Waals surface area contributed by atoms with Gasteiger partial charge in [0.2, 0.25) is 0 Å². The first-order chi connectivity index (χ1) is 15.8. The lowest BCUT2D eigenvalue weighted by Crippen LogP contribution is -2.43. The predicted molar refractivity (Wildman–Crippen MR) is 123 cm³/mol. The van der Waals surface area contributed by atoms with Crippen LogP contribution in [-0.4, -0.2) is 53.3 Å². The van der Waals surface area contributed by atoms with Crippen LogP contribution in [0.5, 0.6) is 0 Å². The highest BCUT2D eigenvalue weighted by Gasteiger charge is 2.49. The number of halogens is 2. The van der Waals surface area contributed by atoms with Gasteiger partial charge in [-0.3, -0.25) is 30.1 Å². The molecule has 3 aliphatic rings. The van der Waals surface area contributed by atoms with Crippen LogP contribution in [0.1, 0.15) is 18.3 Å². The number of aliphatic imine (C=N–C) groups is 1. The summed E-state index contributed by atoms with van der Waals surface area (Å²) < 4.78 is 8.08. The molecule has 6 rings (SSSR count). The number of ether oxygens (including phenoxy) is 1. The van der Waals surface area contributed by atoms with Crippen molar-refractivity contribution in [3.05, 3.63) is 58.5 Å². The number of nitrogens with one attached hydrogen (secondary N) is 3. The van der Waals surface area contributed by atoms with E-state index in [1.807, 2.05) is 6.92 Å². The molecule has 1 fully saturated rings. The minimum absolute atomic E-state index is 0.0820. The van der Waals surface area contributed by atoms with E-state index in [-0.39, 0.29) is 39.4 Å². The van der Waals surface area contributed by atoms with Crippen LogP contribution in [0.25, 0.3) is 22.5 Å². The standard InChI is InChI=1S/C18H13Br2N9O4/c1-5-7(4-22-16-10(20)17(30)25-27(5)16)11-13(29(31)32)12(24-23-11)8-3-21-15-9(19)14-18(33-14)26-28(15)6(8)2/h3-4,14,18,26H,1-2H3,(H,23,24)(H,25,30). The molecule has 0 bridgehead atoms. The summed E-state index contributed by atoms with van der Waals surface area (Å²) in [6, 6.07) is 0. The molecule has 0 spiro atoms. The Morgan fingerprint density at radius 2 is 2.09 bits per heavy atom. The monoisotopic (exact) mass is 577 g/mol. The van der Waals surface area contributed by atoms with Crippen molar-refractivity contribution in [2.75, 3.05) is 0 Å². The number of hydrazine groups is 1. The number of epoxide rings is 1. The van der Waals surface area contributed by atoms with Crippen molar-refractivity contribution in [2.45, 2.75) is 26.2 Å². The maximum absolute atomic E-state index is 12.2. The van der Waals surface area contributed by atoms with Crippen molar-refractivity contribution in [2.24, 2.45) is 4.99 Å². The molecule has 0 amide bonds. The van der Waals surface area contributed by atoms with Gasteiger partial charge in [-0.1, -0.05) is 0 Å². The zero-order valence-corrected chi connectivity index (χ0v) is 20.1. The highest BCUT2D eigenvalue weighted by molar-refractivity contribution is 9.11. The third-order valence-corrected chi connectivity index (χ3v) is 7.29. The lowest BCUT2D eigenvalue weighted by molar-refractivity contribution is -0.384. The summed E-state index contributed by atoms with van der Waals surface area (Å²) in [6.07, 6.45) is 2.76. The lowest BCUT2D eigenvalue weighted by Gasteiger charge is -2.32. The largest absolute Gasteiger partial charge is 0.346 e. The number of fused-ring (bicyclic) bond motifs is 3. The second-order valence-electron chi connectivity index (χ2n) is 7.59. The quantitative estimate of drug-likeness (QED) is 0.242. The van der Waals surface area contributed by atoms with Gasteiger partial charge in [-0.05, 0) is 45.7 Å². The van der Waals surface area contributed by atoms with Crippen molar-refractivity contribution >= 4 is 55.0 Å². The third-order valence-electron chi connectivity index (χ3n) is 5.77. The molecule has 33 heavy (non-hydrogen) atoms. The molecular formula is C18H13Br2N9O4. The first-order valence-corrected chi connectivity index (χ1v) is 11.2. The summed E-state index contributed by atoms with van der Waals surface area (Å²) in [5.41, 5.74) is 5.41. The van der Waals surface area contributed by atoms with Crippen LogP contribution in [-0.2, 0) is 4.74 Å². The van der Waals surface area contributed by atoms with E-state index in [0.717, 1.165) is 4.48 Å². The normalized spacial score (nSPS) is 21.6. The number of aromatic amines is 2. The molecule has 2 unspecified atom stereocenters. The highest BCUT2D eigenvalue weighted by Crippen LogP contribution is 2.43. The molecule has 3 aliphatic heterocycles. The van der Waals surface area contributed by atoms with Crippen molar-refractivity contribution in [3.8, 4) is 11.3 Å². The number of aryl methyl sites for hydroxylation is 1. The van der Waals surface area contributed by atoms with Crippen LogP contribution in [0.15, 0.2) is 36.5 Å². The summed E-state index contributed by atoms with van der Waals surface area (Å²) in [4.78, 5) is 32.4. The zero-order chi connectivity index (χ0) is 23.2. The van der Waals surface area contributed by atoms with Crippen molar-refractivity contribution in [3.63, 3.8) is 0 Å². The molecule has 3 N–H and O–H groups in total. The van der Waals surface area contributed by atoms with Gasteiger partial charge in [0.1, 0.15) is 16.3 Å². The number of hydrogen-bond donors (Lipinski definition) is 3. The Labute approximate surface area is 200 Å². The molecule has 1 saturated heterocycles. The van der Waals surface area contributed by atoms with Gasteiger partial charge < -0.3 is 4.74 Å². The number of H-pyrrole nitrogens is 2. The van der Waals surface area contributed by atoms with Gasteiger partial charge in [0.25, 0.3) is 5.56 Å². The van der Waals surface area contributed by atoms with E-state index in [4.69, 9.17) is 4.74 Å². The molecule has 13 nitrogen and oxygen atoms in total. The topological polar surface area (TPSA) is 162 Å². The van der Waals surface area contributed by atoms with Gasteiger partial charge in [-0.2, -0.15) is 10.5 Å². The van der Waals surface area contributed by atoms with Crippen molar-refractivity contribution in [1.29, 1.82) is 0 Å². The molecule has 168 valence electrons. The van der Waals surface area contributed by atoms with E-state index in [0.29, 0.717) is 34.0 Å². The Morgan fingerprint density at radius 3 is 2.85 bits per heavy atom. The number of allylic oxidation sites excluding steroid dienone is 2. The lowest BCUT2D eigenvalue weighted by atomic mass is 10.0. The fourth-order valence-electron chi connectivity index (χ4n) is 4.01. The first-order valence-electron chi connectivity index (χ1n) is 9.63. The number of rotatable bonds is 3. The molecule has 0 aliphatic carbocycles. The second kappa shape index (κ2) is 6.93. The summed E-state index contributed by atoms with van der Waals surface area (Å²) >= 11 is 6.72. The van der Waals surface area contributed by atoms with Crippen molar-refractivity contribution < 1.29 is 9.66 Å². The average molecular weight is 579 g/mol. The van der Waals surface area contributed by atoms with Crippen molar-refractivity contribution in [1.82, 2.24) is 35.2 Å². The fourth-order valence-corrected chi connectivity index (χ4v) is 5.00. The Kier molecular flexibility index (Phi) is 4.30. The van der Waals surface area contributed by atoms with Crippen LogP contribution in [0.3, 0.4) is 0 Å². The molecule has 0 saturated carbocycles. The highest BCUT2D eigenvalue weighted by atomic mass is 79.9. The molecule has 6 heterocycles. The van der Waals surface area contributed by atoms with E-state index in [9.17, 15) is 14.9 Å². The summed E-state index contributed by atoms with van der Waals surface area (Å²) in [5, 5.41) is 23.6. The van der Waals surface area contributed by atoms with E-state index < -0.39 is 4.92 Å². The van der Waals surface area contributed by atoms with Crippen LogP contribution in [0, 0.1) is 17.0 Å². The second-order valence-corrected chi connectivity index (χ2v) is 9.24. The van der Waals surface area contributed by atoms with Gasteiger partial charge in [0.15, 0.2) is 23.4 Å². The van der Waals surface area contributed by atoms with Gasteiger partial charge in [0, 0.05) is 29.2 Å². The average Bonchev–Trinajstić information content (AvgIpc) is 3.34. The van der Waals surface area contributed by atoms with E-state index in [2.05, 4.69) is 62.6 Å². The maximum Gasteiger partial charge on any atom is 0.322 e. The number of nitrogens with zero attached hydrogens (tertiary/aromatic N) is 6. The number of aromatic nitrogens is 5. The van der Waals surface area contributed by atoms with Gasteiger partial charge in [-0.15, -0.1) is 0 Å². The Bertz CT molecular complexity index is 1550. The number of nitro groups is 1.